The first-order valence-electron chi connectivity index (χ1n) is 10.5. The van der Waals surface area contributed by atoms with Crippen LogP contribution in [0.2, 0.25) is 0 Å². The third-order valence-corrected chi connectivity index (χ3v) is 6.16. The minimum Gasteiger partial charge on any atom is -0.480 e. The van der Waals surface area contributed by atoms with Crippen LogP contribution in [0.5, 0.6) is 0 Å². The molecule has 30 heavy (non-hydrogen) atoms. The Kier molecular flexibility index (Phi) is 8.86. The zero-order valence-electron chi connectivity index (χ0n) is 18.1. The van der Waals surface area contributed by atoms with Crippen molar-refractivity contribution < 1.29 is 14.3 Å². The lowest BCUT2D eigenvalue weighted by molar-refractivity contribution is -0.138. The van der Waals surface area contributed by atoms with Crippen molar-refractivity contribution in [2.75, 3.05) is 11.9 Å². The van der Waals surface area contributed by atoms with Crippen molar-refractivity contribution in [3.05, 3.63) is 63.9 Å². The summed E-state index contributed by atoms with van der Waals surface area (Å²) < 4.78 is 14.7. The fourth-order valence-corrected chi connectivity index (χ4v) is 4.14. The molecule has 3 rings (SSSR count). The summed E-state index contributed by atoms with van der Waals surface area (Å²) in [6.07, 6.45) is 1.76. The molecule has 1 aliphatic heterocycles. The van der Waals surface area contributed by atoms with Gasteiger partial charge in [-0.3, -0.25) is 0 Å². The highest BCUT2D eigenvalue weighted by Gasteiger charge is 2.42. The number of carbonyl (C=O) groups is 1. The zero-order chi connectivity index (χ0) is 22.3. The van der Waals surface area contributed by atoms with Gasteiger partial charge in [-0.1, -0.05) is 74.3 Å². The number of anilines is 1. The number of fused-ring (bicyclic) bond motifs is 1. The molecule has 3 N–H and O–H groups in total. The fourth-order valence-electron chi connectivity index (χ4n) is 3.81. The van der Waals surface area contributed by atoms with Gasteiger partial charge in [0.05, 0.1) is 0 Å². The third-order valence-electron chi connectivity index (χ3n) is 5.67. The molecule has 0 saturated heterocycles. The van der Waals surface area contributed by atoms with Gasteiger partial charge in [0.25, 0.3) is 0 Å². The summed E-state index contributed by atoms with van der Waals surface area (Å²) in [5.74, 6) is -0.914. The smallest absolute Gasteiger partial charge is 0.326 e. The van der Waals surface area contributed by atoms with Gasteiger partial charge in [-0.2, -0.15) is 0 Å². The average Bonchev–Trinajstić information content (AvgIpc) is 2.70. The van der Waals surface area contributed by atoms with Gasteiger partial charge in [-0.15, -0.1) is 0 Å². The number of para-hydroxylation sites is 1. The van der Waals surface area contributed by atoms with Crippen LogP contribution in [0.25, 0.3) is 0 Å². The van der Waals surface area contributed by atoms with E-state index in [4.69, 9.17) is 0 Å². The molecule has 4 nitrogen and oxygen atoms in total. The van der Waals surface area contributed by atoms with Gasteiger partial charge in [0.15, 0.2) is 0 Å². The molecule has 164 valence electrons. The van der Waals surface area contributed by atoms with Gasteiger partial charge in [-0.05, 0) is 42.6 Å². The standard InChI is InChI=1S/C21H24BrFN2O2.C3H8/c1-13(11-24-12-14-7-8-15(22)9-17(14)23)21(2)10-19(20(26)27)25-18-6-4-3-5-16(18)21;1-3-2/h3-9,13,19,24-25H,10-12H2,1-2H3,(H,26,27);3H2,1-2H3. The van der Waals surface area contributed by atoms with Gasteiger partial charge in [-0.25, -0.2) is 9.18 Å². The van der Waals surface area contributed by atoms with Gasteiger partial charge >= 0.3 is 5.97 Å². The van der Waals surface area contributed by atoms with Gasteiger partial charge in [0.1, 0.15) is 11.9 Å². The SMILES string of the molecule is CC(CNCc1ccc(Br)cc1F)C1(C)CC(C(=O)O)Nc2ccccc21.CCC. The summed E-state index contributed by atoms with van der Waals surface area (Å²) in [5.41, 5.74) is 2.33. The highest BCUT2D eigenvalue weighted by Crippen LogP contribution is 2.44. The van der Waals surface area contributed by atoms with E-state index in [1.165, 1.54) is 12.5 Å². The van der Waals surface area contributed by atoms with Crippen LogP contribution in [0.1, 0.15) is 51.7 Å². The van der Waals surface area contributed by atoms with Crippen LogP contribution in [0, 0.1) is 11.7 Å². The monoisotopic (exact) mass is 478 g/mol. The van der Waals surface area contributed by atoms with Crippen molar-refractivity contribution in [1.82, 2.24) is 5.32 Å². The molecular formula is C24H32BrFN2O2. The molecule has 0 amide bonds. The van der Waals surface area contributed by atoms with Crippen molar-refractivity contribution in [3.8, 4) is 0 Å². The summed E-state index contributed by atoms with van der Waals surface area (Å²) in [4.78, 5) is 11.6. The van der Waals surface area contributed by atoms with Crippen molar-refractivity contribution >= 4 is 27.6 Å². The Morgan fingerprint density at radius 2 is 2.00 bits per heavy atom. The number of benzene rings is 2. The molecule has 0 fully saturated rings. The number of nitrogens with one attached hydrogen (secondary N) is 2. The summed E-state index contributed by atoms with van der Waals surface area (Å²) in [7, 11) is 0. The Hall–Kier alpha value is -1.92. The number of aliphatic carboxylic acids is 1. The first kappa shape index (κ1) is 24.4. The van der Waals surface area contributed by atoms with Crippen LogP contribution in [0.15, 0.2) is 46.9 Å². The Balaban J connectivity index is 0.00000101. The van der Waals surface area contributed by atoms with Crippen molar-refractivity contribution in [2.45, 2.75) is 58.5 Å². The number of rotatable bonds is 6. The largest absolute Gasteiger partial charge is 0.480 e. The lowest BCUT2D eigenvalue weighted by atomic mass is 9.66. The normalized spacial score (nSPS) is 20.9. The first-order valence-corrected chi connectivity index (χ1v) is 11.3. The predicted octanol–water partition coefficient (Wildman–Crippen LogP) is 5.96. The molecule has 0 saturated carbocycles. The van der Waals surface area contributed by atoms with Crippen LogP contribution >= 0.6 is 15.9 Å². The highest BCUT2D eigenvalue weighted by atomic mass is 79.9. The van der Waals surface area contributed by atoms with Crippen LogP contribution in [-0.4, -0.2) is 23.7 Å². The second-order valence-electron chi connectivity index (χ2n) is 8.18. The van der Waals surface area contributed by atoms with Crippen molar-refractivity contribution in [1.29, 1.82) is 0 Å². The first-order chi connectivity index (χ1) is 14.2. The lowest BCUT2D eigenvalue weighted by Crippen LogP contribution is -2.47. The number of hydrogen-bond donors (Lipinski definition) is 3. The molecule has 6 heteroatoms. The Morgan fingerprint density at radius 3 is 2.63 bits per heavy atom. The molecule has 0 bridgehead atoms. The fraction of sp³-hybridized carbons (Fsp3) is 0.458. The van der Waals surface area contributed by atoms with E-state index in [2.05, 4.69) is 60.3 Å². The van der Waals surface area contributed by atoms with E-state index in [0.717, 1.165) is 15.7 Å². The molecule has 0 aliphatic carbocycles. The summed E-state index contributed by atoms with van der Waals surface area (Å²) in [6.45, 7) is 9.58. The summed E-state index contributed by atoms with van der Waals surface area (Å²) in [6, 6.07) is 12.3. The van der Waals surface area contributed by atoms with E-state index in [1.807, 2.05) is 24.3 Å². The lowest BCUT2D eigenvalue weighted by Gasteiger charge is -2.43. The second kappa shape index (κ2) is 10.9. The number of hydrogen-bond acceptors (Lipinski definition) is 3. The minimum absolute atomic E-state index is 0.168. The minimum atomic E-state index is -0.840. The Bertz CT molecular complexity index is 861. The topological polar surface area (TPSA) is 61.4 Å². The zero-order valence-corrected chi connectivity index (χ0v) is 19.7. The van der Waals surface area contributed by atoms with E-state index in [-0.39, 0.29) is 17.2 Å². The quantitative estimate of drug-likeness (QED) is 0.479. The van der Waals surface area contributed by atoms with Gasteiger partial charge < -0.3 is 15.7 Å². The average molecular weight is 479 g/mol. The maximum absolute atomic E-state index is 14.0. The number of carboxylic acid groups (broad SMARTS) is 1. The van der Waals surface area contributed by atoms with E-state index in [0.29, 0.717) is 25.1 Å². The van der Waals surface area contributed by atoms with Crippen LogP contribution in [0.4, 0.5) is 10.1 Å². The Morgan fingerprint density at radius 1 is 1.33 bits per heavy atom. The van der Waals surface area contributed by atoms with Crippen LogP contribution in [-0.2, 0) is 16.8 Å². The maximum atomic E-state index is 14.0. The summed E-state index contributed by atoms with van der Waals surface area (Å²) in [5, 5.41) is 16.0. The molecule has 1 heterocycles. The maximum Gasteiger partial charge on any atom is 0.326 e. The Labute approximate surface area is 187 Å². The number of carboxylic acids is 1. The summed E-state index contributed by atoms with van der Waals surface area (Å²) >= 11 is 3.27. The van der Waals surface area contributed by atoms with E-state index in [9.17, 15) is 14.3 Å². The van der Waals surface area contributed by atoms with Gasteiger partial charge in [0.2, 0.25) is 0 Å². The van der Waals surface area contributed by atoms with E-state index < -0.39 is 12.0 Å². The molecule has 0 spiro atoms. The molecule has 2 aromatic carbocycles. The van der Waals surface area contributed by atoms with Crippen LogP contribution < -0.4 is 10.6 Å². The second-order valence-corrected chi connectivity index (χ2v) is 9.09. The molecule has 3 atom stereocenters. The molecule has 3 unspecified atom stereocenters. The molecule has 2 aromatic rings. The molecule has 0 aromatic heterocycles. The van der Waals surface area contributed by atoms with E-state index in [1.54, 1.807) is 6.07 Å². The third kappa shape index (κ3) is 5.82. The van der Waals surface area contributed by atoms with Gasteiger partial charge in [0, 0.05) is 27.7 Å². The van der Waals surface area contributed by atoms with Crippen LogP contribution in [0.3, 0.4) is 0 Å². The molecule has 1 aliphatic rings. The van der Waals surface area contributed by atoms with E-state index >= 15 is 0 Å². The highest BCUT2D eigenvalue weighted by molar-refractivity contribution is 9.10. The van der Waals surface area contributed by atoms with Crippen molar-refractivity contribution in [2.24, 2.45) is 5.92 Å². The van der Waals surface area contributed by atoms with Crippen molar-refractivity contribution in [3.63, 3.8) is 0 Å². The molecule has 0 radical (unpaired) electrons. The predicted molar refractivity (Wildman–Crippen MR) is 124 cm³/mol. The number of halogens is 2. The molecular weight excluding hydrogens is 447 g/mol.